The van der Waals surface area contributed by atoms with Crippen molar-refractivity contribution in [3.8, 4) is 5.75 Å². The molecule has 3 nitrogen and oxygen atoms in total. The van der Waals surface area contributed by atoms with Crippen molar-refractivity contribution in [1.29, 1.82) is 0 Å². The standard InChI is InChI=1S/C22H26O3/c1-17(23)24-15-19-9-13-22(14-10-19)25-16-18-7-11-21(12-8-18)20-5-3-2-4-6-20/h7-14,20H,2-6,15-16H2,1H3. The van der Waals surface area contributed by atoms with E-state index in [1.165, 1.54) is 50.2 Å². The van der Waals surface area contributed by atoms with Gasteiger partial charge in [-0.1, -0.05) is 55.7 Å². The van der Waals surface area contributed by atoms with E-state index in [9.17, 15) is 4.79 Å². The van der Waals surface area contributed by atoms with Crippen molar-refractivity contribution in [2.75, 3.05) is 0 Å². The van der Waals surface area contributed by atoms with Crippen LogP contribution in [0.25, 0.3) is 0 Å². The summed E-state index contributed by atoms with van der Waals surface area (Å²) < 4.78 is 10.8. The van der Waals surface area contributed by atoms with Crippen molar-refractivity contribution in [3.63, 3.8) is 0 Å². The first kappa shape index (κ1) is 17.5. The van der Waals surface area contributed by atoms with Crippen molar-refractivity contribution >= 4 is 5.97 Å². The summed E-state index contributed by atoms with van der Waals surface area (Å²) in [6.45, 7) is 2.28. The van der Waals surface area contributed by atoms with E-state index in [0.717, 1.165) is 17.2 Å². The maximum atomic E-state index is 10.8. The first-order valence-corrected chi connectivity index (χ1v) is 9.14. The molecule has 0 N–H and O–H groups in total. The molecule has 1 aliphatic rings. The zero-order chi connectivity index (χ0) is 17.5. The van der Waals surface area contributed by atoms with Crippen LogP contribution in [0.2, 0.25) is 0 Å². The fourth-order valence-corrected chi connectivity index (χ4v) is 3.36. The molecule has 3 heteroatoms. The van der Waals surface area contributed by atoms with Gasteiger partial charge in [0.15, 0.2) is 0 Å². The molecule has 0 aliphatic heterocycles. The van der Waals surface area contributed by atoms with E-state index in [0.29, 0.717) is 13.2 Å². The number of hydrogen-bond donors (Lipinski definition) is 0. The zero-order valence-electron chi connectivity index (χ0n) is 14.9. The van der Waals surface area contributed by atoms with Crippen molar-refractivity contribution in [1.82, 2.24) is 0 Å². The van der Waals surface area contributed by atoms with Gasteiger partial charge in [0.25, 0.3) is 0 Å². The minimum atomic E-state index is -0.267. The van der Waals surface area contributed by atoms with Crippen LogP contribution in [0.5, 0.6) is 5.75 Å². The van der Waals surface area contributed by atoms with Crippen LogP contribution in [-0.4, -0.2) is 5.97 Å². The largest absolute Gasteiger partial charge is 0.489 e. The Bertz CT molecular complexity index is 667. The Morgan fingerprint density at radius 2 is 1.48 bits per heavy atom. The highest BCUT2D eigenvalue weighted by atomic mass is 16.5. The average Bonchev–Trinajstić information content (AvgIpc) is 2.66. The van der Waals surface area contributed by atoms with Gasteiger partial charge in [0.05, 0.1) is 0 Å². The molecule has 0 atom stereocenters. The minimum absolute atomic E-state index is 0.267. The fourth-order valence-electron chi connectivity index (χ4n) is 3.36. The molecule has 0 spiro atoms. The van der Waals surface area contributed by atoms with E-state index >= 15 is 0 Å². The second-order valence-corrected chi connectivity index (χ2v) is 6.79. The Labute approximate surface area is 150 Å². The van der Waals surface area contributed by atoms with E-state index in [1.807, 2.05) is 24.3 Å². The van der Waals surface area contributed by atoms with Crippen LogP contribution < -0.4 is 4.74 Å². The Balaban J connectivity index is 1.50. The predicted octanol–water partition coefficient (Wildman–Crippen LogP) is 5.38. The van der Waals surface area contributed by atoms with Crippen molar-refractivity contribution in [2.45, 2.75) is 58.2 Å². The predicted molar refractivity (Wildman–Crippen MR) is 98.5 cm³/mol. The lowest BCUT2D eigenvalue weighted by atomic mass is 9.84. The van der Waals surface area contributed by atoms with E-state index < -0.39 is 0 Å². The number of esters is 1. The third-order valence-electron chi connectivity index (χ3n) is 4.83. The third kappa shape index (κ3) is 5.35. The summed E-state index contributed by atoms with van der Waals surface area (Å²) in [5.74, 6) is 1.30. The van der Waals surface area contributed by atoms with Gasteiger partial charge in [0, 0.05) is 6.92 Å². The number of carbonyl (C=O) groups is 1. The summed E-state index contributed by atoms with van der Waals surface area (Å²) in [6.07, 6.45) is 6.78. The molecule has 0 radical (unpaired) electrons. The van der Waals surface area contributed by atoms with Crippen molar-refractivity contribution in [2.24, 2.45) is 0 Å². The molecule has 1 fully saturated rings. The molecule has 132 valence electrons. The van der Waals surface area contributed by atoms with E-state index in [4.69, 9.17) is 9.47 Å². The smallest absolute Gasteiger partial charge is 0.302 e. The second kappa shape index (κ2) is 8.70. The zero-order valence-corrected chi connectivity index (χ0v) is 14.9. The summed E-state index contributed by atoms with van der Waals surface area (Å²) >= 11 is 0. The number of rotatable bonds is 6. The van der Waals surface area contributed by atoms with Crippen LogP contribution in [-0.2, 0) is 22.7 Å². The van der Waals surface area contributed by atoms with Crippen LogP contribution >= 0.6 is 0 Å². The molecule has 0 amide bonds. The maximum Gasteiger partial charge on any atom is 0.302 e. The molecular weight excluding hydrogens is 312 g/mol. The number of carbonyl (C=O) groups excluding carboxylic acids is 1. The molecule has 0 saturated heterocycles. The highest BCUT2D eigenvalue weighted by Gasteiger charge is 2.15. The Morgan fingerprint density at radius 3 is 2.12 bits per heavy atom. The molecular formula is C22H26O3. The van der Waals surface area contributed by atoms with E-state index in [2.05, 4.69) is 24.3 Å². The van der Waals surface area contributed by atoms with Gasteiger partial charge < -0.3 is 9.47 Å². The summed E-state index contributed by atoms with van der Waals surface area (Å²) in [6, 6.07) is 16.5. The van der Waals surface area contributed by atoms with Crippen LogP contribution in [0.1, 0.15) is 61.6 Å². The van der Waals surface area contributed by atoms with E-state index in [1.54, 1.807) is 0 Å². The third-order valence-corrected chi connectivity index (χ3v) is 4.83. The van der Waals surface area contributed by atoms with Crippen LogP contribution in [0.3, 0.4) is 0 Å². The second-order valence-electron chi connectivity index (χ2n) is 6.79. The van der Waals surface area contributed by atoms with Crippen LogP contribution in [0.15, 0.2) is 48.5 Å². The molecule has 0 aromatic heterocycles. The SMILES string of the molecule is CC(=O)OCc1ccc(OCc2ccc(C3CCCCC3)cc2)cc1. The molecule has 1 aliphatic carbocycles. The number of benzene rings is 2. The first-order chi connectivity index (χ1) is 12.2. The molecule has 0 bridgehead atoms. The first-order valence-electron chi connectivity index (χ1n) is 9.14. The van der Waals surface area contributed by atoms with Gasteiger partial charge in [-0.05, 0) is 47.6 Å². The van der Waals surface area contributed by atoms with Crippen LogP contribution in [0, 0.1) is 0 Å². The van der Waals surface area contributed by atoms with Gasteiger partial charge >= 0.3 is 5.97 Å². The van der Waals surface area contributed by atoms with Gasteiger partial charge in [0.2, 0.25) is 0 Å². The topological polar surface area (TPSA) is 35.5 Å². The summed E-state index contributed by atoms with van der Waals surface area (Å²) in [4.78, 5) is 10.8. The highest BCUT2D eigenvalue weighted by Crippen LogP contribution is 2.32. The Hall–Kier alpha value is -2.29. The van der Waals surface area contributed by atoms with Gasteiger partial charge in [-0.25, -0.2) is 0 Å². The van der Waals surface area contributed by atoms with Gasteiger partial charge in [0.1, 0.15) is 19.0 Å². The monoisotopic (exact) mass is 338 g/mol. The van der Waals surface area contributed by atoms with E-state index in [-0.39, 0.29) is 5.97 Å². The average molecular weight is 338 g/mol. The normalized spacial score (nSPS) is 14.9. The molecule has 0 unspecified atom stereocenters. The quantitative estimate of drug-likeness (QED) is 0.664. The lowest BCUT2D eigenvalue weighted by molar-refractivity contribution is -0.142. The van der Waals surface area contributed by atoms with Gasteiger partial charge in [-0.2, -0.15) is 0 Å². The number of hydrogen-bond acceptors (Lipinski definition) is 3. The lowest BCUT2D eigenvalue weighted by Gasteiger charge is -2.22. The molecule has 3 rings (SSSR count). The highest BCUT2D eigenvalue weighted by molar-refractivity contribution is 5.65. The van der Waals surface area contributed by atoms with Crippen molar-refractivity contribution in [3.05, 3.63) is 65.2 Å². The number of ether oxygens (including phenoxy) is 2. The van der Waals surface area contributed by atoms with Crippen molar-refractivity contribution < 1.29 is 14.3 Å². The molecule has 25 heavy (non-hydrogen) atoms. The summed E-state index contributed by atoms with van der Waals surface area (Å²) in [5.41, 5.74) is 3.61. The molecule has 2 aromatic rings. The summed E-state index contributed by atoms with van der Waals surface area (Å²) in [5, 5.41) is 0. The Kier molecular flexibility index (Phi) is 6.10. The van der Waals surface area contributed by atoms with Crippen LogP contribution in [0.4, 0.5) is 0 Å². The van der Waals surface area contributed by atoms with Gasteiger partial charge in [-0.3, -0.25) is 4.79 Å². The fraction of sp³-hybridized carbons (Fsp3) is 0.409. The minimum Gasteiger partial charge on any atom is -0.489 e. The Morgan fingerprint density at radius 1 is 0.880 bits per heavy atom. The lowest BCUT2D eigenvalue weighted by Crippen LogP contribution is -2.04. The molecule has 2 aromatic carbocycles. The van der Waals surface area contributed by atoms with Gasteiger partial charge in [-0.15, -0.1) is 0 Å². The summed E-state index contributed by atoms with van der Waals surface area (Å²) in [7, 11) is 0. The molecule has 0 heterocycles. The maximum absolute atomic E-state index is 10.8. The molecule has 1 saturated carbocycles.